The summed E-state index contributed by atoms with van der Waals surface area (Å²) in [4.78, 5) is 30.7. The Kier molecular flexibility index (Phi) is 6.34. The molecular formula is C19H33N3O3. The Morgan fingerprint density at radius 3 is 2.60 bits per heavy atom. The second-order valence-electron chi connectivity index (χ2n) is 7.82. The van der Waals surface area contributed by atoms with E-state index >= 15 is 0 Å². The summed E-state index contributed by atoms with van der Waals surface area (Å²) in [5, 5.41) is 0. The van der Waals surface area contributed by atoms with E-state index in [1.807, 2.05) is 4.90 Å². The summed E-state index contributed by atoms with van der Waals surface area (Å²) < 4.78 is 5.22. The Morgan fingerprint density at radius 2 is 1.92 bits per heavy atom. The maximum atomic E-state index is 12.5. The second-order valence-corrected chi connectivity index (χ2v) is 7.82. The number of nitrogens with zero attached hydrogens (tertiary/aromatic N) is 3. The van der Waals surface area contributed by atoms with Crippen molar-refractivity contribution in [3.8, 4) is 0 Å². The molecule has 3 saturated heterocycles. The van der Waals surface area contributed by atoms with Gasteiger partial charge in [-0.2, -0.15) is 0 Å². The highest BCUT2D eigenvalue weighted by molar-refractivity contribution is 5.77. The molecule has 0 aromatic rings. The molecule has 2 amide bonds. The van der Waals surface area contributed by atoms with Crippen molar-refractivity contribution in [3.63, 3.8) is 0 Å². The SMILES string of the molecule is COCCN1C(=O)CCC[C@H]2CN(C3CCN(C(C)=O)CC3)CC[C@H]21. The van der Waals surface area contributed by atoms with Crippen LogP contribution in [-0.4, -0.2) is 85.0 Å². The predicted octanol–water partition coefficient (Wildman–Crippen LogP) is 1.35. The fourth-order valence-corrected chi connectivity index (χ4v) is 4.94. The second kappa shape index (κ2) is 8.49. The molecule has 0 aromatic carbocycles. The van der Waals surface area contributed by atoms with Crippen LogP contribution in [0.25, 0.3) is 0 Å². The number of likely N-dealkylation sites (tertiary alicyclic amines) is 3. The summed E-state index contributed by atoms with van der Waals surface area (Å²) >= 11 is 0. The molecule has 0 aromatic heterocycles. The topological polar surface area (TPSA) is 53.1 Å². The van der Waals surface area contributed by atoms with E-state index in [2.05, 4.69) is 9.80 Å². The largest absolute Gasteiger partial charge is 0.383 e. The summed E-state index contributed by atoms with van der Waals surface area (Å²) in [6.45, 7) is 6.99. The van der Waals surface area contributed by atoms with E-state index in [0.29, 0.717) is 36.9 Å². The first kappa shape index (κ1) is 18.6. The molecule has 0 saturated carbocycles. The lowest BCUT2D eigenvalue weighted by Gasteiger charge is -2.47. The molecule has 2 atom stereocenters. The highest BCUT2D eigenvalue weighted by atomic mass is 16.5. The van der Waals surface area contributed by atoms with Crippen molar-refractivity contribution in [2.75, 3.05) is 46.4 Å². The van der Waals surface area contributed by atoms with Crippen LogP contribution in [0.3, 0.4) is 0 Å². The monoisotopic (exact) mass is 351 g/mol. The van der Waals surface area contributed by atoms with Gasteiger partial charge in [0, 0.05) is 65.3 Å². The predicted molar refractivity (Wildman–Crippen MR) is 96.2 cm³/mol. The highest BCUT2D eigenvalue weighted by Crippen LogP contribution is 2.32. The van der Waals surface area contributed by atoms with E-state index in [0.717, 1.165) is 64.8 Å². The minimum Gasteiger partial charge on any atom is -0.383 e. The van der Waals surface area contributed by atoms with Gasteiger partial charge in [0.2, 0.25) is 11.8 Å². The molecule has 25 heavy (non-hydrogen) atoms. The number of carbonyl (C=O) groups is 2. The minimum atomic E-state index is 0.202. The van der Waals surface area contributed by atoms with Gasteiger partial charge in [0.15, 0.2) is 0 Å². The molecule has 0 radical (unpaired) electrons. The number of hydrogen-bond acceptors (Lipinski definition) is 4. The first-order valence-electron chi connectivity index (χ1n) is 9.88. The number of fused-ring (bicyclic) bond motifs is 1. The van der Waals surface area contributed by atoms with Gasteiger partial charge in [0.05, 0.1) is 6.61 Å². The van der Waals surface area contributed by atoms with Crippen LogP contribution in [0.15, 0.2) is 0 Å². The molecule has 0 unspecified atom stereocenters. The molecule has 0 aliphatic carbocycles. The first-order valence-corrected chi connectivity index (χ1v) is 9.88. The van der Waals surface area contributed by atoms with Gasteiger partial charge in [-0.1, -0.05) is 0 Å². The molecule has 3 fully saturated rings. The van der Waals surface area contributed by atoms with Gasteiger partial charge in [-0.05, 0) is 38.0 Å². The smallest absolute Gasteiger partial charge is 0.222 e. The third-order valence-electron chi connectivity index (χ3n) is 6.37. The van der Waals surface area contributed by atoms with E-state index in [1.165, 1.54) is 0 Å². The normalized spacial score (nSPS) is 29.4. The van der Waals surface area contributed by atoms with Crippen molar-refractivity contribution in [2.45, 2.75) is 57.5 Å². The van der Waals surface area contributed by atoms with Crippen LogP contribution in [0.1, 0.15) is 45.4 Å². The van der Waals surface area contributed by atoms with Crippen LogP contribution in [0, 0.1) is 5.92 Å². The number of rotatable bonds is 4. The minimum absolute atomic E-state index is 0.202. The zero-order valence-corrected chi connectivity index (χ0v) is 15.8. The first-order chi connectivity index (χ1) is 12.1. The highest BCUT2D eigenvalue weighted by Gasteiger charge is 2.39. The quantitative estimate of drug-likeness (QED) is 0.767. The molecule has 6 heteroatoms. The van der Waals surface area contributed by atoms with Gasteiger partial charge in [0.1, 0.15) is 0 Å². The molecule has 6 nitrogen and oxygen atoms in total. The number of hydrogen-bond donors (Lipinski definition) is 0. The van der Waals surface area contributed by atoms with Crippen LogP contribution >= 0.6 is 0 Å². The summed E-state index contributed by atoms with van der Waals surface area (Å²) in [5.74, 6) is 1.10. The van der Waals surface area contributed by atoms with Gasteiger partial charge < -0.3 is 14.5 Å². The standard InChI is InChI=1S/C19H33N3O3/c1-15(23)20-9-6-17(7-10-20)21-11-8-18-16(14-21)4-3-5-19(24)22(18)12-13-25-2/h16-18H,3-14H2,1-2H3/t16-,18+/m0/s1. The van der Waals surface area contributed by atoms with E-state index in [-0.39, 0.29) is 5.91 Å². The average molecular weight is 351 g/mol. The number of ether oxygens (including phenoxy) is 1. The molecule has 142 valence electrons. The van der Waals surface area contributed by atoms with E-state index < -0.39 is 0 Å². The van der Waals surface area contributed by atoms with Crippen molar-refractivity contribution in [2.24, 2.45) is 5.92 Å². The van der Waals surface area contributed by atoms with Gasteiger partial charge in [-0.3, -0.25) is 14.5 Å². The Hall–Kier alpha value is -1.14. The third-order valence-corrected chi connectivity index (χ3v) is 6.37. The lowest BCUT2D eigenvalue weighted by atomic mass is 9.86. The van der Waals surface area contributed by atoms with Crippen LogP contribution in [-0.2, 0) is 14.3 Å². The van der Waals surface area contributed by atoms with Crippen molar-refractivity contribution in [1.82, 2.24) is 14.7 Å². The van der Waals surface area contributed by atoms with Gasteiger partial charge >= 0.3 is 0 Å². The average Bonchev–Trinajstić information content (AvgIpc) is 2.77. The van der Waals surface area contributed by atoms with E-state index in [9.17, 15) is 9.59 Å². The molecule has 0 bridgehead atoms. The zero-order chi connectivity index (χ0) is 17.8. The van der Waals surface area contributed by atoms with Gasteiger partial charge in [0.25, 0.3) is 0 Å². The van der Waals surface area contributed by atoms with Crippen molar-refractivity contribution >= 4 is 11.8 Å². The van der Waals surface area contributed by atoms with Crippen LogP contribution < -0.4 is 0 Å². The lowest BCUT2D eigenvalue weighted by Crippen LogP contribution is -2.56. The van der Waals surface area contributed by atoms with Crippen molar-refractivity contribution < 1.29 is 14.3 Å². The van der Waals surface area contributed by atoms with Crippen LogP contribution in [0.5, 0.6) is 0 Å². The number of carbonyl (C=O) groups excluding carboxylic acids is 2. The maximum absolute atomic E-state index is 12.5. The van der Waals surface area contributed by atoms with E-state index in [4.69, 9.17) is 4.74 Å². The fraction of sp³-hybridized carbons (Fsp3) is 0.895. The number of amides is 2. The Balaban J connectivity index is 1.59. The Morgan fingerprint density at radius 1 is 1.16 bits per heavy atom. The lowest BCUT2D eigenvalue weighted by molar-refractivity contribution is -0.135. The molecular weight excluding hydrogens is 318 g/mol. The molecule has 0 N–H and O–H groups in total. The molecule has 3 aliphatic rings. The molecule has 3 aliphatic heterocycles. The Bertz CT molecular complexity index is 477. The van der Waals surface area contributed by atoms with Crippen LogP contribution in [0.2, 0.25) is 0 Å². The summed E-state index contributed by atoms with van der Waals surface area (Å²) in [6.07, 6.45) is 6.11. The van der Waals surface area contributed by atoms with E-state index in [1.54, 1.807) is 14.0 Å². The van der Waals surface area contributed by atoms with Crippen molar-refractivity contribution in [1.29, 1.82) is 0 Å². The molecule has 3 rings (SSSR count). The summed E-state index contributed by atoms with van der Waals surface area (Å²) in [6, 6.07) is 0.988. The van der Waals surface area contributed by atoms with Crippen molar-refractivity contribution in [3.05, 3.63) is 0 Å². The zero-order valence-electron chi connectivity index (χ0n) is 15.8. The number of piperidine rings is 2. The van der Waals surface area contributed by atoms with Crippen LogP contribution in [0.4, 0.5) is 0 Å². The maximum Gasteiger partial charge on any atom is 0.222 e. The fourth-order valence-electron chi connectivity index (χ4n) is 4.94. The van der Waals surface area contributed by atoms with Gasteiger partial charge in [-0.25, -0.2) is 0 Å². The third kappa shape index (κ3) is 4.34. The summed E-state index contributed by atoms with van der Waals surface area (Å²) in [5.41, 5.74) is 0. The Labute approximate surface area is 151 Å². The number of methoxy groups -OCH3 is 1. The molecule has 0 spiro atoms. The summed E-state index contributed by atoms with van der Waals surface area (Å²) in [7, 11) is 1.70. The molecule has 3 heterocycles. The van der Waals surface area contributed by atoms with Gasteiger partial charge in [-0.15, -0.1) is 0 Å².